The normalized spacial score (nSPS) is 11.9. The second-order valence-corrected chi connectivity index (χ2v) is 4.39. The van der Waals surface area contributed by atoms with Gasteiger partial charge in [-0.3, -0.25) is 10.2 Å². The van der Waals surface area contributed by atoms with Gasteiger partial charge in [0, 0.05) is 0 Å². The number of ether oxygens (including phenoxy) is 1. The molecule has 6 heteroatoms. The smallest absolute Gasteiger partial charge is 0.421 e. The topological polar surface area (TPSA) is 87.7 Å². The average Bonchev–Trinajstić information content (AvgIpc) is 2.37. The molecule has 0 saturated carbocycles. The molecule has 0 spiro atoms. The van der Waals surface area contributed by atoms with Crippen LogP contribution in [-0.4, -0.2) is 23.2 Å². The van der Waals surface area contributed by atoms with E-state index in [2.05, 4.69) is 10.9 Å². The molecule has 1 rings (SSSR count). The predicted molar refractivity (Wildman–Crippen MR) is 69.2 cm³/mol. The van der Waals surface area contributed by atoms with E-state index in [0.29, 0.717) is 0 Å². The number of hydrogen-bond acceptors (Lipinski definition) is 4. The first-order chi connectivity index (χ1) is 9.00. The van der Waals surface area contributed by atoms with Crippen molar-refractivity contribution in [2.24, 2.45) is 5.92 Å². The van der Waals surface area contributed by atoms with E-state index in [0.717, 1.165) is 5.56 Å². The van der Waals surface area contributed by atoms with Crippen LogP contribution in [0.2, 0.25) is 0 Å². The molecule has 1 unspecified atom stereocenters. The highest BCUT2D eigenvalue weighted by Gasteiger charge is 2.21. The highest BCUT2D eigenvalue weighted by molar-refractivity contribution is 5.74. The molecule has 3 N–H and O–H groups in total. The lowest BCUT2D eigenvalue weighted by atomic mass is 10.1. The van der Waals surface area contributed by atoms with Crippen LogP contribution in [0.15, 0.2) is 30.3 Å². The highest BCUT2D eigenvalue weighted by Crippen LogP contribution is 2.02. The zero-order chi connectivity index (χ0) is 14.3. The molecule has 0 aromatic heterocycles. The summed E-state index contributed by atoms with van der Waals surface area (Å²) in [6.45, 7) is 3.61. The molecule has 1 aromatic rings. The number of benzene rings is 1. The van der Waals surface area contributed by atoms with Crippen molar-refractivity contribution in [3.8, 4) is 0 Å². The van der Waals surface area contributed by atoms with Crippen LogP contribution in [0, 0.1) is 5.92 Å². The predicted octanol–water partition coefficient (Wildman–Crippen LogP) is 1.53. The Balaban J connectivity index is 2.33. The molecule has 1 aromatic carbocycles. The Labute approximate surface area is 111 Å². The molecule has 0 heterocycles. The Morgan fingerprint density at radius 3 is 2.42 bits per heavy atom. The largest absolute Gasteiger partial charge is 0.480 e. The van der Waals surface area contributed by atoms with Crippen molar-refractivity contribution in [3.63, 3.8) is 0 Å². The average molecular weight is 266 g/mol. The van der Waals surface area contributed by atoms with Gasteiger partial charge in [-0.1, -0.05) is 44.2 Å². The summed E-state index contributed by atoms with van der Waals surface area (Å²) in [7, 11) is 0. The van der Waals surface area contributed by atoms with Gasteiger partial charge in [-0.15, -0.1) is 0 Å². The monoisotopic (exact) mass is 266 g/mol. The third kappa shape index (κ3) is 5.39. The van der Waals surface area contributed by atoms with Crippen LogP contribution < -0.4 is 10.9 Å². The molecule has 1 atom stereocenters. The molecule has 0 aliphatic carbocycles. The maximum Gasteiger partial charge on any atom is 0.421 e. The number of carboxylic acids is 1. The van der Waals surface area contributed by atoms with E-state index in [1.165, 1.54) is 0 Å². The summed E-state index contributed by atoms with van der Waals surface area (Å²) in [6, 6.07) is 8.35. The third-order valence-electron chi connectivity index (χ3n) is 2.48. The van der Waals surface area contributed by atoms with Crippen LogP contribution in [-0.2, 0) is 16.1 Å². The van der Waals surface area contributed by atoms with Crippen molar-refractivity contribution < 1.29 is 19.4 Å². The van der Waals surface area contributed by atoms with Gasteiger partial charge in [0.1, 0.15) is 12.6 Å². The van der Waals surface area contributed by atoms with Gasteiger partial charge in [0.15, 0.2) is 0 Å². The minimum absolute atomic E-state index is 0.133. The van der Waals surface area contributed by atoms with Crippen molar-refractivity contribution in [2.45, 2.75) is 26.5 Å². The molecule has 0 fully saturated rings. The Morgan fingerprint density at radius 2 is 1.89 bits per heavy atom. The van der Waals surface area contributed by atoms with Crippen molar-refractivity contribution in [2.75, 3.05) is 0 Å². The molecule has 0 radical (unpaired) electrons. The van der Waals surface area contributed by atoms with E-state index in [1.807, 2.05) is 30.3 Å². The lowest BCUT2D eigenvalue weighted by molar-refractivity contribution is -0.140. The number of amides is 1. The van der Waals surface area contributed by atoms with Gasteiger partial charge in [-0.05, 0) is 11.5 Å². The summed E-state index contributed by atoms with van der Waals surface area (Å²) < 4.78 is 4.93. The standard InChI is InChI=1S/C13H18N2O4/c1-9(2)11(12(16)17)14-15-13(18)19-8-10-6-4-3-5-7-10/h3-7,9,11,14H,8H2,1-2H3,(H,15,18)(H,16,17). The van der Waals surface area contributed by atoms with Gasteiger partial charge < -0.3 is 9.84 Å². The number of carbonyl (C=O) groups excluding carboxylic acids is 1. The molecule has 6 nitrogen and oxygen atoms in total. The molecule has 1 amide bonds. The minimum Gasteiger partial charge on any atom is -0.480 e. The molecule has 0 aliphatic rings. The molecule has 0 saturated heterocycles. The Kier molecular flexibility index (Phi) is 5.81. The second kappa shape index (κ2) is 7.38. The Morgan fingerprint density at radius 1 is 1.26 bits per heavy atom. The van der Waals surface area contributed by atoms with E-state index >= 15 is 0 Å². The Hall–Kier alpha value is -2.08. The van der Waals surface area contributed by atoms with E-state index in [4.69, 9.17) is 9.84 Å². The minimum atomic E-state index is -1.03. The van der Waals surface area contributed by atoms with Gasteiger partial charge in [-0.2, -0.15) is 0 Å². The first-order valence-corrected chi connectivity index (χ1v) is 5.95. The van der Waals surface area contributed by atoms with Gasteiger partial charge in [0.25, 0.3) is 0 Å². The first-order valence-electron chi connectivity index (χ1n) is 5.95. The lowest BCUT2D eigenvalue weighted by Gasteiger charge is -2.18. The number of nitrogens with one attached hydrogen (secondary N) is 2. The zero-order valence-corrected chi connectivity index (χ0v) is 10.9. The number of hydrazine groups is 1. The zero-order valence-electron chi connectivity index (χ0n) is 10.9. The van der Waals surface area contributed by atoms with Crippen LogP contribution in [0.4, 0.5) is 4.79 Å². The van der Waals surface area contributed by atoms with Crippen LogP contribution in [0.3, 0.4) is 0 Å². The van der Waals surface area contributed by atoms with Crippen molar-refractivity contribution >= 4 is 12.1 Å². The van der Waals surface area contributed by atoms with E-state index in [9.17, 15) is 9.59 Å². The summed E-state index contributed by atoms with van der Waals surface area (Å²) in [5.41, 5.74) is 5.51. The fraction of sp³-hybridized carbons (Fsp3) is 0.385. The van der Waals surface area contributed by atoms with E-state index in [1.54, 1.807) is 13.8 Å². The summed E-state index contributed by atoms with van der Waals surface area (Å²) in [4.78, 5) is 22.3. The fourth-order valence-electron chi connectivity index (χ4n) is 1.41. The summed E-state index contributed by atoms with van der Waals surface area (Å²) >= 11 is 0. The molecule has 0 bridgehead atoms. The Bertz CT molecular complexity index is 420. The summed E-state index contributed by atoms with van der Waals surface area (Å²) in [5, 5.41) is 8.91. The lowest BCUT2D eigenvalue weighted by Crippen LogP contribution is -2.50. The maximum atomic E-state index is 11.4. The quantitative estimate of drug-likeness (QED) is 0.680. The second-order valence-electron chi connectivity index (χ2n) is 4.39. The number of hydrogen-bond donors (Lipinski definition) is 3. The number of aliphatic carboxylic acids is 1. The van der Waals surface area contributed by atoms with Gasteiger partial charge in [0.05, 0.1) is 0 Å². The number of rotatable bonds is 6. The van der Waals surface area contributed by atoms with Crippen LogP contribution in [0.5, 0.6) is 0 Å². The van der Waals surface area contributed by atoms with Crippen LogP contribution in [0.25, 0.3) is 0 Å². The summed E-state index contributed by atoms with van der Waals surface area (Å²) in [5.74, 6) is -1.19. The molecular formula is C13H18N2O4. The summed E-state index contributed by atoms with van der Waals surface area (Å²) in [6.07, 6.45) is -0.712. The number of carbonyl (C=O) groups is 2. The van der Waals surface area contributed by atoms with Gasteiger partial charge >= 0.3 is 12.1 Å². The van der Waals surface area contributed by atoms with E-state index < -0.39 is 18.1 Å². The van der Waals surface area contributed by atoms with Crippen molar-refractivity contribution in [3.05, 3.63) is 35.9 Å². The molecular weight excluding hydrogens is 248 g/mol. The first kappa shape index (κ1) is 15.0. The van der Waals surface area contributed by atoms with Crippen molar-refractivity contribution in [1.82, 2.24) is 10.9 Å². The van der Waals surface area contributed by atoms with Crippen LogP contribution in [0.1, 0.15) is 19.4 Å². The molecule has 19 heavy (non-hydrogen) atoms. The maximum absolute atomic E-state index is 11.4. The van der Waals surface area contributed by atoms with Gasteiger partial charge in [0.2, 0.25) is 0 Å². The van der Waals surface area contributed by atoms with Crippen LogP contribution >= 0.6 is 0 Å². The number of carboxylic acid groups (broad SMARTS) is 1. The third-order valence-corrected chi connectivity index (χ3v) is 2.48. The highest BCUT2D eigenvalue weighted by atomic mass is 16.6. The molecule has 104 valence electrons. The van der Waals surface area contributed by atoms with Crippen molar-refractivity contribution in [1.29, 1.82) is 0 Å². The molecule has 0 aliphatic heterocycles. The fourth-order valence-corrected chi connectivity index (χ4v) is 1.41. The SMILES string of the molecule is CC(C)C(NNC(=O)OCc1ccccc1)C(=O)O. The van der Waals surface area contributed by atoms with Gasteiger partial charge in [-0.25, -0.2) is 10.2 Å². The van der Waals surface area contributed by atoms with E-state index in [-0.39, 0.29) is 12.5 Å².